The molecule has 0 fully saturated rings. The number of aryl methyl sites for hydroxylation is 1. The Labute approximate surface area is 154 Å². The molecule has 1 aromatic rings. The van der Waals surface area contributed by atoms with Crippen molar-refractivity contribution in [3.8, 4) is 0 Å². The minimum absolute atomic E-state index is 0.0905. The number of nitrogens with two attached hydrogens (primary N) is 2. The van der Waals surface area contributed by atoms with Crippen molar-refractivity contribution in [2.75, 3.05) is 19.6 Å². The van der Waals surface area contributed by atoms with Crippen molar-refractivity contribution in [3.05, 3.63) is 21.4 Å². The molecule has 0 aromatic carbocycles. The van der Waals surface area contributed by atoms with Gasteiger partial charge >= 0.3 is 0 Å². The number of carbonyl (C=O) groups excluding carboxylic acids is 1. The number of thiophene rings is 1. The SMILES string of the molecule is CCCN(CCC)C(=O)C1=Cc2sc(CCCCN)cc2N=C(N)C1. The normalized spacial score (nSPS) is 13.7. The maximum Gasteiger partial charge on any atom is 0.250 e. The van der Waals surface area contributed by atoms with Gasteiger partial charge in [-0.05, 0) is 50.8 Å². The predicted molar refractivity (Wildman–Crippen MR) is 107 cm³/mol. The van der Waals surface area contributed by atoms with Crippen molar-refractivity contribution in [1.29, 1.82) is 0 Å². The van der Waals surface area contributed by atoms with Crippen LogP contribution in [0.4, 0.5) is 5.69 Å². The molecule has 2 heterocycles. The molecule has 0 aliphatic carbocycles. The Bertz CT molecular complexity index is 642. The van der Waals surface area contributed by atoms with Gasteiger partial charge in [-0.2, -0.15) is 0 Å². The Kier molecular flexibility index (Phi) is 7.65. The minimum Gasteiger partial charge on any atom is -0.387 e. The standard InChI is InChI=1S/C19H30N4OS/c1-3-9-23(10-4-2)19(24)14-11-17-16(22-18(21)12-14)13-15(25-17)7-5-6-8-20/h11,13H,3-10,12,20H2,1-2H3,(H2,21,22). The number of amidine groups is 1. The molecule has 1 aliphatic heterocycles. The van der Waals surface area contributed by atoms with Crippen molar-refractivity contribution in [2.45, 2.75) is 52.4 Å². The van der Waals surface area contributed by atoms with E-state index in [0.29, 0.717) is 12.3 Å². The van der Waals surface area contributed by atoms with Gasteiger partial charge in [0, 0.05) is 30.0 Å². The fourth-order valence-electron chi connectivity index (χ4n) is 3.00. The molecule has 5 nitrogen and oxygen atoms in total. The van der Waals surface area contributed by atoms with Gasteiger partial charge in [-0.3, -0.25) is 4.79 Å². The molecule has 0 saturated carbocycles. The highest BCUT2D eigenvalue weighted by Gasteiger charge is 2.21. The third kappa shape index (κ3) is 5.41. The molecule has 0 spiro atoms. The Morgan fingerprint density at radius 3 is 2.64 bits per heavy atom. The fourth-order valence-corrected chi connectivity index (χ4v) is 4.11. The number of amides is 1. The van der Waals surface area contributed by atoms with Crippen LogP contribution in [0.3, 0.4) is 0 Å². The predicted octanol–water partition coefficient (Wildman–Crippen LogP) is 3.45. The van der Waals surface area contributed by atoms with E-state index in [1.54, 1.807) is 11.3 Å². The van der Waals surface area contributed by atoms with E-state index in [1.807, 2.05) is 11.0 Å². The van der Waals surface area contributed by atoms with Gasteiger partial charge in [0.25, 0.3) is 0 Å². The molecular formula is C19H30N4OS. The summed E-state index contributed by atoms with van der Waals surface area (Å²) in [5.41, 5.74) is 13.3. The Hall–Kier alpha value is -1.66. The van der Waals surface area contributed by atoms with Crippen molar-refractivity contribution in [3.63, 3.8) is 0 Å². The number of hydrogen-bond acceptors (Lipinski definition) is 5. The number of aliphatic imine (C=N–C) groups is 1. The number of hydrogen-bond donors (Lipinski definition) is 2. The van der Waals surface area contributed by atoms with Gasteiger partial charge in [0.1, 0.15) is 5.84 Å². The summed E-state index contributed by atoms with van der Waals surface area (Å²) >= 11 is 1.71. The van der Waals surface area contributed by atoms with Crippen molar-refractivity contribution >= 4 is 34.8 Å². The summed E-state index contributed by atoms with van der Waals surface area (Å²) in [6.45, 7) is 6.47. The van der Waals surface area contributed by atoms with Crippen LogP contribution in [0.2, 0.25) is 0 Å². The second kappa shape index (κ2) is 9.73. The maximum atomic E-state index is 12.9. The lowest BCUT2D eigenvalue weighted by Gasteiger charge is -2.22. The highest BCUT2D eigenvalue weighted by molar-refractivity contribution is 7.13. The molecule has 0 atom stereocenters. The van der Waals surface area contributed by atoms with Gasteiger partial charge in [0.15, 0.2) is 0 Å². The number of fused-ring (bicyclic) bond motifs is 1. The summed E-state index contributed by atoms with van der Waals surface area (Å²) in [6, 6.07) is 2.10. The number of carbonyl (C=O) groups is 1. The van der Waals surface area contributed by atoms with E-state index in [1.165, 1.54) is 4.88 Å². The largest absolute Gasteiger partial charge is 0.387 e. The fraction of sp³-hybridized carbons (Fsp3) is 0.579. The second-order valence-corrected chi connectivity index (χ2v) is 7.62. The molecule has 1 amide bonds. The molecule has 138 valence electrons. The van der Waals surface area contributed by atoms with Crippen LogP contribution in [0, 0.1) is 0 Å². The van der Waals surface area contributed by atoms with E-state index < -0.39 is 0 Å². The summed E-state index contributed by atoms with van der Waals surface area (Å²) in [5.74, 6) is 0.602. The molecule has 25 heavy (non-hydrogen) atoms. The Balaban J connectivity index is 2.24. The number of nitrogens with zero attached hydrogens (tertiary/aromatic N) is 2. The first-order valence-corrected chi connectivity index (χ1v) is 10.1. The van der Waals surface area contributed by atoms with Crippen LogP contribution in [0.1, 0.15) is 55.7 Å². The summed E-state index contributed by atoms with van der Waals surface area (Å²) in [6.07, 6.45) is 7.43. The zero-order valence-corrected chi connectivity index (χ0v) is 16.2. The van der Waals surface area contributed by atoms with E-state index in [0.717, 1.165) is 67.9 Å². The molecule has 4 N–H and O–H groups in total. The first kappa shape index (κ1) is 19.7. The van der Waals surface area contributed by atoms with E-state index in [2.05, 4.69) is 24.9 Å². The lowest BCUT2D eigenvalue weighted by Crippen LogP contribution is -2.34. The van der Waals surface area contributed by atoms with Gasteiger partial charge in [-0.25, -0.2) is 4.99 Å². The molecule has 1 aromatic heterocycles. The zero-order chi connectivity index (χ0) is 18.2. The van der Waals surface area contributed by atoms with Gasteiger partial charge in [-0.1, -0.05) is 13.8 Å². The monoisotopic (exact) mass is 362 g/mol. The van der Waals surface area contributed by atoms with Gasteiger partial charge in [-0.15, -0.1) is 11.3 Å². The van der Waals surface area contributed by atoms with Gasteiger partial charge < -0.3 is 16.4 Å². The third-order valence-electron chi connectivity index (χ3n) is 4.16. The lowest BCUT2D eigenvalue weighted by atomic mass is 10.1. The van der Waals surface area contributed by atoms with E-state index in [-0.39, 0.29) is 5.91 Å². The lowest BCUT2D eigenvalue weighted by molar-refractivity contribution is -0.127. The summed E-state index contributed by atoms with van der Waals surface area (Å²) in [7, 11) is 0. The topological polar surface area (TPSA) is 84.7 Å². The van der Waals surface area contributed by atoms with E-state index in [9.17, 15) is 4.79 Å². The molecule has 1 aliphatic rings. The van der Waals surface area contributed by atoms with Crippen LogP contribution in [-0.2, 0) is 11.2 Å². The highest BCUT2D eigenvalue weighted by Crippen LogP contribution is 2.35. The molecule has 0 bridgehead atoms. The minimum atomic E-state index is 0.0905. The number of unbranched alkanes of at least 4 members (excludes halogenated alkanes) is 1. The third-order valence-corrected chi connectivity index (χ3v) is 5.29. The van der Waals surface area contributed by atoms with Crippen LogP contribution in [0.15, 0.2) is 16.6 Å². The molecule has 2 rings (SSSR count). The Morgan fingerprint density at radius 2 is 2.00 bits per heavy atom. The molecule has 0 unspecified atom stereocenters. The zero-order valence-electron chi connectivity index (χ0n) is 15.4. The molecular weight excluding hydrogens is 332 g/mol. The van der Waals surface area contributed by atoms with E-state index >= 15 is 0 Å². The van der Waals surface area contributed by atoms with Crippen LogP contribution < -0.4 is 11.5 Å². The second-order valence-electron chi connectivity index (χ2n) is 6.45. The summed E-state index contributed by atoms with van der Waals surface area (Å²) in [4.78, 5) is 21.7. The highest BCUT2D eigenvalue weighted by atomic mass is 32.1. The smallest absolute Gasteiger partial charge is 0.250 e. The molecule has 6 heteroatoms. The van der Waals surface area contributed by atoms with Crippen LogP contribution >= 0.6 is 11.3 Å². The number of rotatable bonds is 9. The summed E-state index contributed by atoms with van der Waals surface area (Å²) < 4.78 is 0. The van der Waals surface area contributed by atoms with Crippen molar-refractivity contribution in [2.24, 2.45) is 16.5 Å². The Morgan fingerprint density at radius 1 is 1.28 bits per heavy atom. The van der Waals surface area contributed by atoms with Gasteiger partial charge in [0.2, 0.25) is 5.91 Å². The average molecular weight is 363 g/mol. The molecule has 0 saturated heterocycles. The van der Waals surface area contributed by atoms with Crippen LogP contribution in [0.5, 0.6) is 0 Å². The maximum absolute atomic E-state index is 12.9. The van der Waals surface area contributed by atoms with E-state index in [4.69, 9.17) is 11.5 Å². The van der Waals surface area contributed by atoms with Crippen molar-refractivity contribution < 1.29 is 4.79 Å². The first-order valence-electron chi connectivity index (χ1n) is 9.24. The quantitative estimate of drug-likeness (QED) is 0.660. The van der Waals surface area contributed by atoms with Crippen molar-refractivity contribution in [1.82, 2.24) is 4.90 Å². The van der Waals surface area contributed by atoms with Crippen LogP contribution in [-0.4, -0.2) is 36.3 Å². The first-order chi connectivity index (χ1) is 12.1. The van der Waals surface area contributed by atoms with Crippen LogP contribution in [0.25, 0.3) is 6.08 Å². The van der Waals surface area contributed by atoms with Gasteiger partial charge in [0.05, 0.1) is 10.6 Å². The molecule has 0 radical (unpaired) electrons. The average Bonchev–Trinajstić information content (AvgIpc) is 2.87. The summed E-state index contributed by atoms with van der Waals surface area (Å²) in [5, 5.41) is 0.